The number of aromatic nitrogens is 2. The molecule has 3 rings (SSSR count). The van der Waals surface area contributed by atoms with Crippen LogP contribution in [0, 0.1) is 0 Å². The van der Waals surface area contributed by atoms with Gasteiger partial charge in [-0.2, -0.15) is 0 Å². The van der Waals surface area contributed by atoms with E-state index in [1.54, 1.807) is 12.6 Å². The van der Waals surface area contributed by atoms with Crippen LogP contribution in [0.25, 0.3) is 22.2 Å². The smallest absolute Gasteiger partial charge is 0.134 e. The number of rotatable bonds is 2. The van der Waals surface area contributed by atoms with E-state index in [0.717, 1.165) is 27.9 Å². The van der Waals surface area contributed by atoms with Gasteiger partial charge in [0.15, 0.2) is 0 Å². The Hall–Kier alpha value is -2.07. The number of H-pyrrole nitrogens is 1. The van der Waals surface area contributed by atoms with Crippen LogP contribution in [-0.2, 0) is 6.54 Å². The summed E-state index contributed by atoms with van der Waals surface area (Å²) in [5.74, 6) is 0. The second-order valence-electron chi connectivity index (χ2n) is 3.58. The van der Waals surface area contributed by atoms with Crippen molar-refractivity contribution in [3.63, 3.8) is 0 Å². The lowest BCUT2D eigenvalue weighted by Crippen LogP contribution is -1.98. The summed E-state index contributed by atoms with van der Waals surface area (Å²) in [7, 11) is 0. The van der Waals surface area contributed by atoms with Crippen molar-refractivity contribution in [1.29, 1.82) is 0 Å². The van der Waals surface area contributed by atoms with Gasteiger partial charge in [-0.15, -0.1) is 0 Å². The number of benzene rings is 1. The van der Waals surface area contributed by atoms with Crippen LogP contribution >= 0.6 is 0 Å². The Morgan fingerprint density at radius 1 is 1.31 bits per heavy atom. The van der Waals surface area contributed by atoms with Crippen molar-refractivity contribution >= 4 is 11.0 Å². The van der Waals surface area contributed by atoms with Crippen LogP contribution < -0.4 is 5.73 Å². The first-order valence-corrected chi connectivity index (χ1v) is 5.09. The topological polar surface area (TPSA) is 67.8 Å². The zero-order valence-corrected chi connectivity index (χ0v) is 8.60. The molecule has 0 fully saturated rings. The van der Waals surface area contributed by atoms with Crippen LogP contribution in [0.15, 0.2) is 41.3 Å². The van der Waals surface area contributed by atoms with Crippen molar-refractivity contribution in [2.45, 2.75) is 6.54 Å². The monoisotopic (exact) mass is 213 g/mol. The summed E-state index contributed by atoms with van der Waals surface area (Å²) in [4.78, 5) is 7.31. The number of nitrogens with one attached hydrogen (secondary N) is 1. The minimum atomic E-state index is 0.439. The minimum absolute atomic E-state index is 0.439. The highest BCUT2D eigenvalue weighted by Gasteiger charge is 2.12. The second kappa shape index (κ2) is 3.50. The summed E-state index contributed by atoms with van der Waals surface area (Å²) in [5.41, 5.74) is 9.28. The largest absolute Gasteiger partial charge is 0.464 e. The molecule has 0 aliphatic rings. The predicted octanol–water partition coefficient (Wildman–Crippen LogP) is 2.28. The number of nitrogens with zero attached hydrogens (tertiary/aromatic N) is 1. The summed E-state index contributed by atoms with van der Waals surface area (Å²) < 4.78 is 5.48. The molecule has 0 bridgehead atoms. The molecule has 2 aromatic heterocycles. The molecule has 0 aliphatic heterocycles. The number of hydrogen-bond acceptors (Lipinski definition) is 3. The molecule has 0 spiro atoms. The Morgan fingerprint density at radius 3 is 3.06 bits per heavy atom. The van der Waals surface area contributed by atoms with E-state index in [2.05, 4.69) is 9.97 Å². The van der Waals surface area contributed by atoms with Crippen molar-refractivity contribution in [2.75, 3.05) is 0 Å². The summed E-state index contributed by atoms with van der Waals surface area (Å²) >= 11 is 0. The molecule has 80 valence electrons. The fourth-order valence-corrected chi connectivity index (χ4v) is 1.87. The van der Waals surface area contributed by atoms with Crippen LogP contribution in [0.3, 0.4) is 0 Å². The number of aromatic amines is 1. The Labute approximate surface area is 92.1 Å². The van der Waals surface area contributed by atoms with Gasteiger partial charge in [-0.1, -0.05) is 18.2 Å². The van der Waals surface area contributed by atoms with Crippen LogP contribution in [-0.4, -0.2) is 9.97 Å². The van der Waals surface area contributed by atoms with Crippen LogP contribution in [0.1, 0.15) is 5.69 Å². The van der Waals surface area contributed by atoms with Crippen molar-refractivity contribution in [2.24, 2.45) is 5.73 Å². The molecule has 1 aromatic carbocycles. The van der Waals surface area contributed by atoms with E-state index in [-0.39, 0.29) is 0 Å². The number of fused-ring (bicyclic) bond motifs is 1. The zero-order valence-electron chi connectivity index (χ0n) is 8.60. The predicted molar refractivity (Wildman–Crippen MR) is 61.7 cm³/mol. The highest BCUT2D eigenvalue weighted by Crippen LogP contribution is 2.30. The van der Waals surface area contributed by atoms with E-state index in [9.17, 15) is 0 Å². The fraction of sp³-hybridized carbons (Fsp3) is 0.0833. The first-order chi connectivity index (χ1) is 7.90. The molecular formula is C12H11N3O. The number of imidazole rings is 1. The molecule has 3 aromatic rings. The lowest BCUT2D eigenvalue weighted by Gasteiger charge is -1.96. The molecule has 0 atom stereocenters. The Morgan fingerprint density at radius 2 is 2.19 bits per heavy atom. The normalized spacial score (nSPS) is 11.1. The second-order valence-corrected chi connectivity index (χ2v) is 3.58. The van der Waals surface area contributed by atoms with E-state index in [0.29, 0.717) is 6.54 Å². The molecule has 0 radical (unpaired) electrons. The molecule has 0 amide bonds. The van der Waals surface area contributed by atoms with E-state index >= 15 is 0 Å². The zero-order chi connectivity index (χ0) is 11.0. The van der Waals surface area contributed by atoms with Gasteiger partial charge in [-0.25, -0.2) is 4.98 Å². The summed E-state index contributed by atoms with van der Waals surface area (Å²) in [6.07, 6.45) is 3.37. The SMILES string of the molecule is NCc1[nH]cnc1-c1coc2ccccc12. The molecule has 16 heavy (non-hydrogen) atoms. The van der Waals surface area contributed by atoms with Gasteiger partial charge in [0.05, 0.1) is 17.7 Å². The molecule has 2 heterocycles. The minimum Gasteiger partial charge on any atom is -0.464 e. The molecule has 0 unspecified atom stereocenters. The number of hydrogen-bond donors (Lipinski definition) is 2. The van der Waals surface area contributed by atoms with Gasteiger partial charge in [0.25, 0.3) is 0 Å². The van der Waals surface area contributed by atoms with Gasteiger partial charge in [-0.05, 0) is 6.07 Å². The van der Waals surface area contributed by atoms with Crippen LogP contribution in [0.4, 0.5) is 0 Å². The first-order valence-electron chi connectivity index (χ1n) is 5.09. The molecule has 0 saturated carbocycles. The maximum Gasteiger partial charge on any atom is 0.134 e. The third-order valence-corrected chi connectivity index (χ3v) is 2.66. The summed E-state index contributed by atoms with van der Waals surface area (Å²) in [6, 6.07) is 7.89. The third kappa shape index (κ3) is 1.24. The van der Waals surface area contributed by atoms with Crippen molar-refractivity contribution in [3.05, 3.63) is 42.5 Å². The average molecular weight is 213 g/mol. The highest BCUT2D eigenvalue weighted by atomic mass is 16.3. The molecule has 3 N–H and O–H groups in total. The Balaban J connectivity index is 2.26. The number of para-hydroxylation sites is 1. The standard InChI is InChI=1S/C12H11N3O/c13-5-10-12(15-7-14-10)9-6-16-11-4-2-1-3-8(9)11/h1-4,6-7H,5,13H2,(H,14,15). The average Bonchev–Trinajstić information content (AvgIpc) is 2.94. The maximum atomic E-state index is 5.64. The van der Waals surface area contributed by atoms with E-state index in [1.807, 2.05) is 24.3 Å². The quantitative estimate of drug-likeness (QED) is 0.686. The lowest BCUT2D eigenvalue weighted by molar-refractivity contribution is 0.616. The summed E-state index contributed by atoms with van der Waals surface area (Å²) in [5, 5.41) is 1.06. The van der Waals surface area contributed by atoms with Crippen molar-refractivity contribution < 1.29 is 4.42 Å². The number of furan rings is 1. The summed E-state index contributed by atoms with van der Waals surface area (Å²) in [6.45, 7) is 0.439. The molecule has 0 aliphatic carbocycles. The Bertz CT molecular complexity index is 624. The number of nitrogens with two attached hydrogens (primary N) is 1. The molecule has 4 heteroatoms. The van der Waals surface area contributed by atoms with E-state index in [1.165, 1.54) is 0 Å². The Kier molecular flexibility index (Phi) is 2.01. The maximum absolute atomic E-state index is 5.64. The molecular weight excluding hydrogens is 202 g/mol. The van der Waals surface area contributed by atoms with Gasteiger partial charge in [-0.3, -0.25) is 0 Å². The van der Waals surface area contributed by atoms with Crippen molar-refractivity contribution in [3.8, 4) is 11.3 Å². The van der Waals surface area contributed by atoms with Gasteiger partial charge in [0.1, 0.15) is 11.8 Å². The van der Waals surface area contributed by atoms with Gasteiger partial charge < -0.3 is 15.1 Å². The highest BCUT2D eigenvalue weighted by molar-refractivity contribution is 5.93. The molecule has 0 saturated heterocycles. The van der Waals surface area contributed by atoms with Crippen LogP contribution in [0.5, 0.6) is 0 Å². The first kappa shape index (κ1) is 9.18. The van der Waals surface area contributed by atoms with Gasteiger partial charge >= 0.3 is 0 Å². The fourth-order valence-electron chi connectivity index (χ4n) is 1.87. The van der Waals surface area contributed by atoms with Crippen LogP contribution in [0.2, 0.25) is 0 Å². The van der Waals surface area contributed by atoms with Crippen molar-refractivity contribution in [1.82, 2.24) is 9.97 Å². The van der Waals surface area contributed by atoms with Gasteiger partial charge in [0, 0.05) is 17.5 Å². The molecule has 4 nitrogen and oxygen atoms in total. The van der Waals surface area contributed by atoms with E-state index in [4.69, 9.17) is 10.2 Å². The third-order valence-electron chi connectivity index (χ3n) is 2.66. The van der Waals surface area contributed by atoms with E-state index < -0.39 is 0 Å². The van der Waals surface area contributed by atoms with Gasteiger partial charge in [0.2, 0.25) is 0 Å². The lowest BCUT2D eigenvalue weighted by atomic mass is 10.1.